The molecule has 47 heavy (non-hydrogen) atoms. The Morgan fingerprint density at radius 2 is 0.894 bits per heavy atom. The van der Waals surface area contributed by atoms with Crippen LogP contribution in [0.3, 0.4) is 0 Å². The minimum Gasteiger partial charge on any atom is -0.310 e. The number of anilines is 3. The second kappa shape index (κ2) is 10.3. The highest BCUT2D eigenvalue weighted by atomic mass is 28.3. The molecule has 3 heteroatoms. The first-order chi connectivity index (χ1) is 22.8. The number of hydrogen-bond acceptors (Lipinski definition) is 1. The van der Waals surface area contributed by atoms with Gasteiger partial charge in [-0.25, -0.2) is 0 Å². The van der Waals surface area contributed by atoms with E-state index in [9.17, 15) is 0 Å². The van der Waals surface area contributed by atoms with Crippen LogP contribution in [0.1, 0.15) is 0 Å². The summed E-state index contributed by atoms with van der Waals surface area (Å²) in [4.78, 5) is 2.49. The highest BCUT2D eigenvalue weighted by Gasteiger charge is 2.39. The largest absolute Gasteiger partial charge is 0.310 e. The molecule has 0 aliphatic carbocycles. The van der Waals surface area contributed by atoms with Gasteiger partial charge in [0.05, 0.1) is 0 Å². The fourth-order valence-corrected chi connectivity index (χ4v) is 14.5. The van der Waals surface area contributed by atoms with Crippen LogP contribution >= 0.6 is 0 Å². The topological polar surface area (TPSA) is 3.24 Å². The first-order valence-corrected chi connectivity index (χ1v) is 22.7. The lowest BCUT2D eigenvalue weighted by molar-refractivity contribution is 1.29. The van der Waals surface area contributed by atoms with Crippen molar-refractivity contribution in [1.29, 1.82) is 0 Å². The Balaban J connectivity index is 1.24. The molecule has 2 aliphatic heterocycles. The van der Waals surface area contributed by atoms with E-state index in [2.05, 4.69) is 183 Å². The summed E-state index contributed by atoms with van der Waals surface area (Å²) < 4.78 is 0. The van der Waals surface area contributed by atoms with Crippen LogP contribution in [0.25, 0.3) is 44.2 Å². The van der Waals surface area contributed by atoms with E-state index in [4.69, 9.17) is 0 Å². The summed E-state index contributed by atoms with van der Waals surface area (Å²) in [6.07, 6.45) is 0. The molecule has 0 aromatic heterocycles. The molecule has 0 fully saturated rings. The Kier molecular flexibility index (Phi) is 6.18. The SMILES string of the molecule is C[Si]1(C)c2ccccc2-c2cc(N(c3cccc(-c4ccc5ccccc5c4)c3)c3ccc4c(c3)[Si](C)(C)c3ccccc3-4)ccc21. The van der Waals surface area contributed by atoms with E-state index in [1.165, 1.54) is 71.6 Å². The Bertz CT molecular complexity index is 2380. The van der Waals surface area contributed by atoms with Crippen molar-refractivity contribution < 1.29 is 0 Å². The van der Waals surface area contributed by atoms with Crippen LogP contribution in [0.4, 0.5) is 17.1 Å². The third kappa shape index (κ3) is 4.27. The zero-order chi connectivity index (χ0) is 31.9. The summed E-state index contributed by atoms with van der Waals surface area (Å²) in [5, 5.41) is 8.67. The van der Waals surface area contributed by atoms with Gasteiger partial charge in [0.2, 0.25) is 0 Å². The third-order valence-electron chi connectivity index (χ3n) is 10.8. The van der Waals surface area contributed by atoms with Crippen molar-refractivity contribution >= 4 is 64.7 Å². The average molecular weight is 636 g/mol. The molecule has 0 amide bonds. The van der Waals surface area contributed by atoms with Gasteiger partial charge in [-0.1, -0.05) is 135 Å². The van der Waals surface area contributed by atoms with Crippen molar-refractivity contribution in [3.8, 4) is 33.4 Å². The fourth-order valence-electron chi connectivity index (χ4n) is 8.32. The van der Waals surface area contributed by atoms with Crippen LogP contribution < -0.4 is 25.6 Å². The molecule has 7 aromatic carbocycles. The van der Waals surface area contributed by atoms with Gasteiger partial charge in [0, 0.05) is 17.1 Å². The van der Waals surface area contributed by atoms with E-state index in [1.807, 2.05) is 0 Å². The number of nitrogens with zero attached hydrogens (tertiary/aromatic N) is 1. The maximum absolute atomic E-state index is 2.51. The fraction of sp³-hybridized carbons (Fsp3) is 0.0909. The number of hydrogen-bond donors (Lipinski definition) is 0. The van der Waals surface area contributed by atoms with Crippen molar-refractivity contribution in [2.24, 2.45) is 0 Å². The molecular formula is C44H37NSi2. The van der Waals surface area contributed by atoms with Crippen LogP contribution in [-0.2, 0) is 0 Å². The smallest absolute Gasteiger partial charge is 0.113 e. The van der Waals surface area contributed by atoms with Gasteiger partial charge in [-0.05, 0) is 107 Å². The Morgan fingerprint density at radius 1 is 0.340 bits per heavy atom. The summed E-state index contributed by atoms with van der Waals surface area (Å²) in [7, 11) is -3.61. The highest BCUT2D eigenvalue weighted by molar-refractivity contribution is 7.04. The van der Waals surface area contributed by atoms with Gasteiger partial charge in [0.1, 0.15) is 16.1 Å². The molecule has 0 spiro atoms. The maximum atomic E-state index is 2.51. The molecule has 1 nitrogen and oxygen atoms in total. The van der Waals surface area contributed by atoms with Crippen molar-refractivity contribution in [2.45, 2.75) is 26.2 Å². The lowest BCUT2D eigenvalue weighted by atomic mass is 10.00. The summed E-state index contributed by atoms with van der Waals surface area (Å²) in [6.45, 7) is 10.00. The summed E-state index contributed by atoms with van der Waals surface area (Å²) in [5.41, 5.74) is 11.7. The van der Waals surface area contributed by atoms with E-state index in [1.54, 1.807) is 10.4 Å². The Morgan fingerprint density at radius 3 is 1.68 bits per heavy atom. The first kappa shape index (κ1) is 28.3. The molecule has 2 heterocycles. The average Bonchev–Trinajstić information content (AvgIpc) is 3.47. The molecule has 7 aromatic rings. The van der Waals surface area contributed by atoms with Gasteiger partial charge < -0.3 is 4.90 Å². The van der Waals surface area contributed by atoms with Crippen LogP contribution in [0.2, 0.25) is 26.2 Å². The van der Waals surface area contributed by atoms with Crippen LogP contribution in [0, 0.1) is 0 Å². The molecule has 0 radical (unpaired) electrons. The minimum atomic E-state index is -1.85. The van der Waals surface area contributed by atoms with Crippen molar-refractivity contribution in [3.05, 3.63) is 152 Å². The third-order valence-corrected chi connectivity index (χ3v) is 17.9. The quantitative estimate of drug-likeness (QED) is 0.174. The summed E-state index contributed by atoms with van der Waals surface area (Å²) in [5.74, 6) is 0. The molecule has 0 atom stereocenters. The molecule has 2 aliphatic rings. The second-order valence-electron chi connectivity index (χ2n) is 14.2. The van der Waals surface area contributed by atoms with Crippen LogP contribution in [0.15, 0.2) is 152 Å². The molecule has 0 N–H and O–H groups in total. The zero-order valence-corrected chi connectivity index (χ0v) is 29.4. The monoisotopic (exact) mass is 635 g/mol. The van der Waals surface area contributed by atoms with Gasteiger partial charge in [0.25, 0.3) is 0 Å². The van der Waals surface area contributed by atoms with Crippen LogP contribution in [0.5, 0.6) is 0 Å². The molecule has 9 rings (SSSR count). The molecule has 0 saturated carbocycles. The molecule has 0 unspecified atom stereocenters. The predicted molar refractivity (Wildman–Crippen MR) is 208 cm³/mol. The van der Waals surface area contributed by atoms with E-state index < -0.39 is 16.1 Å². The second-order valence-corrected chi connectivity index (χ2v) is 22.9. The van der Waals surface area contributed by atoms with Crippen molar-refractivity contribution in [3.63, 3.8) is 0 Å². The zero-order valence-electron chi connectivity index (χ0n) is 27.4. The van der Waals surface area contributed by atoms with E-state index in [0.29, 0.717) is 0 Å². The molecular weight excluding hydrogens is 599 g/mol. The highest BCUT2D eigenvalue weighted by Crippen LogP contribution is 2.41. The van der Waals surface area contributed by atoms with E-state index >= 15 is 0 Å². The van der Waals surface area contributed by atoms with Crippen molar-refractivity contribution in [2.75, 3.05) is 4.90 Å². The van der Waals surface area contributed by atoms with Gasteiger partial charge in [-0.2, -0.15) is 0 Å². The number of rotatable bonds is 4. The van der Waals surface area contributed by atoms with E-state index in [0.717, 1.165) is 0 Å². The first-order valence-electron chi connectivity index (χ1n) is 16.7. The molecule has 0 bridgehead atoms. The van der Waals surface area contributed by atoms with Gasteiger partial charge >= 0.3 is 0 Å². The predicted octanol–water partition coefficient (Wildman–Crippen LogP) is 9.58. The standard InChI is InChI=1S/C44H37NSi2/c1-46(2)42-19-10-8-17-38(42)40-28-35(23-25-43(40)46)45(36-22-24-39-37-16-7-9-18-41(37)47(3,4)44(39)29-36)34-15-11-14-32(27-34)33-21-20-30-12-5-6-13-31(30)26-33/h5-29H,1-4H3. The number of fused-ring (bicyclic) bond motifs is 7. The Labute approximate surface area is 279 Å². The van der Waals surface area contributed by atoms with Gasteiger partial charge in [0.15, 0.2) is 0 Å². The van der Waals surface area contributed by atoms with Gasteiger partial charge in [-0.3, -0.25) is 0 Å². The van der Waals surface area contributed by atoms with Crippen LogP contribution in [-0.4, -0.2) is 16.1 Å². The molecule has 0 saturated heterocycles. The maximum Gasteiger partial charge on any atom is 0.113 e. The normalized spacial score (nSPS) is 14.7. The summed E-state index contributed by atoms with van der Waals surface area (Å²) in [6, 6.07) is 57.2. The lowest BCUT2D eigenvalue weighted by Crippen LogP contribution is -2.49. The van der Waals surface area contributed by atoms with Crippen molar-refractivity contribution in [1.82, 2.24) is 0 Å². The van der Waals surface area contributed by atoms with Gasteiger partial charge in [-0.15, -0.1) is 0 Å². The molecule has 226 valence electrons. The lowest BCUT2D eigenvalue weighted by Gasteiger charge is -2.29. The minimum absolute atomic E-state index is 1.17. The number of benzene rings is 7. The van der Waals surface area contributed by atoms with E-state index in [-0.39, 0.29) is 0 Å². The Hall–Kier alpha value is -4.97. The summed E-state index contributed by atoms with van der Waals surface area (Å²) >= 11 is 0.